The van der Waals surface area contributed by atoms with E-state index in [2.05, 4.69) is 5.32 Å². The Morgan fingerprint density at radius 2 is 2.00 bits per heavy atom. The number of aromatic hydroxyl groups is 1. The number of rotatable bonds is 2. The summed E-state index contributed by atoms with van der Waals surface area (Å²) in [5.74, 6) is -0.213. The third-order valence-corrected chi connectivity index (χ3v) is 3.58. The van der Waals surface area contributed by atoms with E-state index in [0.717, 1.165) is 5.56 Å². The first-order valence-electron chi connectivity index (χ1n) is 5.63. The summed E-state index contributed by atoms with van der Waals surface area (Å²) in [6.07, 6.45) is 0. The first-order chi connectivity index (χ1) is 8.97. The molecule has 0 heterocycles. The van der Waals surface area contributed by atoms with Crippen molar-refractivity contribution in [3.8, 4) is 5.75 Å². The molecule has 0 aliphatic heterocycles. The predicted octanol–water partition coefficient (Wildman–Crippen LogP) is 3.14. The van der Waals surface area contributed by atoms with Gasteiger partial charge in [0, 0.05) is 5.56 Å². The summed E-state index contributed by atoms with van der Waals surface area (Å²) in [7, 11) is 0. The van der Waals surface area contributed by atoms with Gasteiger partial charge in [-0.1, -0.05) is 6.07 Å². The largest absolute Gasteiger partial charge is 0.507 e. The van der Waals surface area contributed by atoms with Crippen LogP contribution in [0.4, 0.5) is 11.4 Å². The standard InChI is InChI=1S/C14H13IN2O2/c1-8-2-5-11(16)12(6-8)17-14(19)9-3-4-10(15)13(18)7-9/h2-7,18H,16H2,1H3,(H,17,19). The van der Waals surface area contributed by atoms with Gasteiger partial charge in [0.1, 0.15) is 5.75 Å². The molecule has 0 aliphatic rings. The molecule has 4 N–H and O–H groups in total. The average Bonchev–Trinajstić information content (AvgIpc) is 2.37. The van der Waals surface area contributed by atoms with Gasteiger partial charge in [0.25, 0.3) is 5.91 Å². The lowest BCUT2D eigenvalue weighted by molar-refractivity contribution is 0.102. The SMILES string of the molecule is Cc1ccc(N)c(NC(=O)c2ccc(I)c(O)c2)c1. The molecular weight excluding hydrogens is 355 g/mol. The van der Waals surface area contributed by atoms with E-state index in [-0.39, 0.29) is 11.7 Å². The molecule has 0 unspecified atom stereocenters. The number of hydrogen-bond acceptors (Lipinski definition) is 3. The van der Waals surface area contributed by atoms with Crippen molar-refractivity contribution in [1.82, 2.24) is 0 Å². The number of nitrogens with two attached hydrogens (primary N) is 1. The maximum Gasteiger partial charge on any atom is 0.255 e. The molecule has 0 spiro atoms. The number of carbonyl (C=O) groups excluding carboxylic acids is 1. The van der Waals surface area contributed by atoms with Gasteiger partial charge in [0.2, 0.25) is 0 Å². The van der Waals surface area contributed by atoms with Crippen molar-refractivity contribution in [2.45, 2.75) is 6.92 Å². The zero-order valence-corrected chi connectivity index (χ0v) is 12.4. The summed E-state index contributed by atoms with van der Waals surface area (Å²) >= 11 is 2.00. The van der Waals surface area contributed by atoms with Crippen LogP contribution in [0.2, 0.25) is 0 Å². The van der Waals surface area contributed by atoms with Crippen LogP contribution in [-0.2, 0) is 0 Å². The Hall–Kier alpha value is -1.76. The van der Waals surface area contributed by atoms with Crippen LogP contribution in [0.1, 0.15) is 15.9 Å². The molecular formula is C14H13IN2O2. The van der Waals surface area contributed by atoms with E-state index in [0.29, 0.717) is 20.5 Å². The number of amides is 1. The minimum atomic E-state index is -0.302. The molecule has 5 heteroatoms. The molecule has 0 saturated heterocycles. The predicted molar refractivity (Wildman–Crippen MR) is 84.4 cm³/mol. The van der Waals surface area contributed by atoms with Crippen LogP contribution < -0.4 is 11.1 Å². The minimum absolute atomic E-state index is 0.0884. The van der Waals surface area contributed by atoms with Gasteiger partial charge in [-0.2, -0.15) is 0 Å². The van der Waals surface area contributed by atoms with Gasteiger partial charge in [-0.15, -0.1) is 0 Å². The van der Waals surface area contributed by atoms with Crippen LogP contribution in [0.15, 0.2) is 36.4 Å². The number of nitrogens with one attached hydrogen (secondary N) is 1. The van der Waals surface area contributed by atoms with Crippen molar-refractivity contribution >= 4 is 39.9 Å². The zero-order chi connectivity index (χ0) is 14.0. The molecule has 2 aromatic rings. The highest BCUT2D eigenvalue weighted by Crippen LogP contribution is 2.23. The molecule has 0 radical (unpaired) electrons. The summed E-state index contributed by atoms with van der Waals surface area (Å²) in [5.41, 5.74) is 8.28. The summed E-state index contributed by atoms with van der Waals surface area (Å²) < 4.78 is 0.698. The van der Waals surface area contributed by atoms with Gasteiger partial charge in [0.05, 0.1) is 14.9 Å². The van der Waals surface area contributed by atoms with Crippen molar-refractivity contribution in [2.75, 3.05) is 11.1 Å². The molecule has 0 aliphatic carbocycles. The second kappa shape index (κ2) is 5.48. The van der Waals surface area contributed by atoms with Crippen molar-refractivity contribution in [3.63, 3.8) is 0 Å². The van der Waals surface area contributed by atoms with Gasteiger partial charge in [0.15, 0.2) is 0 Å². The molecule has 0 atom stereocenters. The first-order valence-corrected chi connectivity index (χ1v) is 6.71. The van der Waals surface area contributed by atoms with E-state index in [1.165, 1.54) is 6.07 Å². The van der Waals surface area contributed by atoms with Crippen molar-refractivity contribution in [3.05, 3.63) is 51.1 Å². The van der Waals surface area contributed by atoms with E-state index < -0.39 is 0 Å². The normalized spacial score (nSPS) is 10.2. The fourth-order valence-corrected chi connectivity index (χ4v) is 1.96. The second-order valence-electron chi connectivity index (χ2n) is 4.21. The smallest absolute Gasteiger partial charge is 0.255 e. The van der Waals surface area contributed by atoms with Gasteiger partial charge < -0.3 is 16.2 Å². The highest BCUT2D eigenvalue weighted by Gasteiger charge is 2.10. The second-order valence-corrected chi connectivity index (χ2v) is 5.37. The number of phenols is 1. The summed E-state index contributed by atoms with van der Waals surface area (Å²) in [4.78, 5) is 12.1. The summed E-state index contributed by atoms with van der Waals surface area (Å²) in [6.45, 7) is 1.92. The number of carbonyl (C=O) groups is 1. The molecule has 1 amide bonds. The maximum atomic E-state index is 12.1. The van der Waals surface area contributed by atoms with E-state index in [4.69, 9.17) is 5.73 Å². The van der Waals surface area contributed by atoms with Crippen LogP contribution in [0.3, 0.4) is 0 Å². The monoisotopic (exact) mass is 368 g/mol. The lowest BCUT2D eigenvalue weighted by atomic mass is 10.1. The molecule has 0 bridgehead atoms. The maximum absolute atomic E-state index is 12.1. The van der Waals surface area contributed by atoms with E-state index in [1.54, 1.807) is 24.3 Å². The van der Waals surface area contributed by atoms with E-state index in [9.17, 15) is 9.90 Å². The zero-order valence-electron chi connectivity index (χ0n) is 10.3. The highest BCUT2D eigenvalue weighted by atomic mass is 127. The summed E-state index contributed by atoms with van der Waals surface area (Å²) in [6, 6.07) is 10.2. The number of phenolic OH excluding ortho intramolecular Hbond substituents is 1. The fourth-order valence-electron chi connectivity index (χ4n) is 1.63. The molecule has 0 aromatic heterocycles. The van der Waals surface area contributed by atoms with Gasteiger partial charge in [-0.25, -0.2) is 0 Å². The Morgan fingerprint density at radius 1 is 1.26 bits per heavy atom. The van der Waals surface area contributed by atoms with Crippen LogP contribution >= 0.6 is 22.6 Å². The molecule has 0 saturated carbocycles. The third kappa shape index (κ3) is 3.17. The summed E-state index contributed by atoms with van der Waals surface area (Å²) in [5, 5.41) is 12.3. The van der Waals surface area contributed by atoms with Crippen LogP contribution in [0.25, 0.3) is 0 Å². The lowest BCUT2D eigenvalue weighted by Gasteiger charge is -2.09. The Labute approximate surface area is 124 Å². The molecule has 2 rings (SSSR count). The fraction of sp³-hybridized carbons (Fsp3) is 0.0714. The third-order valence-electron chi connectivity index (χ3n) is 2.67. The number of anilines is 2. The highest BCUT2D eigenvalue weighted by molar-refractivity contribution is 14.1. The number of hydrogen-bond donors (Lipinski definition) is 3. The Kier molecular flexibility index (Phi) is 3.94. The Morgan fingerprint density at radius 3 is 2.68 bits per heavy atom. The molecule has 0 fully saturated rings. The molecule has 19 heavy (non-hydrogen) atoms. The van der Waals surface area contributed by atoms with Gasteiger partial charge in [-0.3, -0.25) is 4.79 Å². The quantitative estimate of drug-likeness (QED) is 0.563. The number of halogens is 1. The van der Waals surface area contributed by atoms with E-state index >= 15 is 0 Å². The molecule has 98 valence electrons. The first kappa shape index (κ1) is 13.7. The van der Waals surface area contributed by atoms with Gasteiger partial charge >= 0.3 is 0 Å². The average molecular weight is 368 g/mol. The van der Waals surface area contributed by atoms with Crippen molar-refractivity contribution < 1.29 is 9.90 Å². The van der Waals surface area contributed by atoms with E-state index in [1.807, 2.05) is 35.6 Å². The van der Waals surface area contributed by atoms with Crippen LogP contribution in [0.5, 0.6) is 5.75 Å². The minimum Gasteiger partial charge on any atom is -0.507 e. The number of benzene rings is 2. The van der Waals surface area contributed by atoms with Crippen molar-refractivity contribution in [2.24, 2.45) is 0 Å². The topological polar surface area (TPSA) is 75.3 Å². The van der Waals surface area contributed by atoms with Gasteiger partial charge in [-0.05, 0) is 65.4 Å². The van der Waals surface area contributed by atoms with Crippen LogP contribution in [0, 0.1) is 10.5 Å². The Bertz CT molecular complexity index is 641. The Balaban J connectivity index is 2.25. The van der Waals surface area contributed by atoms with Crippen molar-refractivity contribution in [1.29, 1.82) is 0 Å². The lowest BCUT2D eigenvalue weighted by Crippen LogP contribution is -2.13. The van der Waals surface area contributed by atoms with Crippen LogP contribution in [-0.4, -0.2) is 11.0 Å². The number of nitrogen functional groups attached to an aromatic ring is 1. The molecule has 4 nitrogen and oxygen atoms in total. The number of aryl methyl sites for hydroxylation is 1. The molecule has 2 aromatic carbocycles.